The molecular formula is C15H22N2O3. The second-order valence-corrected chi connectivity index (χ2v) is 7.23. The van der Waals surface area contributed by atoms with Crippen molar-refractivity contribution in [2.24, 2.45) is 16.7 Å². The lowest BCUT2D eigenvalue weighted by molar-refractivity contribution is -0.402. The molecule has 5 nitrogen and oxygen atoms in total. The van der Waals surface area contributed by atoms with Crippen molar-refractivity contribution in [3.05, 3.63) is 28.0 Å². The zero-order chi connectivity index (χ0) is 14.5. The van der Waals surface area contributed by atoms with E-state index < -0.39 is 4.92 Å². The van der Waals surface area contributed by atoms with Crippen LogP contribution < -0.4 is 5.32 Å². The summed E-state index contributed by atoms with van der Waals surface area (Å²) in [6, 6.07) is 3.55. The Morgan fingerprint density at radius 3 is 2.75 bits per heavy atom. The van der Waals surface area contributed by atoms with Gasteiger partial charge in [-0.05, 0) is 42.1 Å². The Hall–Kier alpha value is -1.36. The van der Waals surface area contributed by atoms with E-state index in [1.54, 1.807) is 6.07 Å². The van der Waals surface area contributed by atoms with E-state index in [4.69, 9.17) is 4.42 Å². The van der Waals surface area contributed by atoms with Crippen molar-refractivity contribution in [3.63, 3.8) is 0 Å². The van der Waals surface area contributed by atoms with Crippen molar-refractivity contribution in [2.75, 3.05) is 0 Å². The van der Waals surface area contributed by atoms with Crippen LogP contribution in [0.4, 0.5) is 5.88 Å². The van der Waals surface area contributed by atoms with Gasteiger partial charge in [0.15, 0.2) is 0 Å². The predicted molar refractivity (Wildman–Crippen MR) is 75.2 cm³/mol. The molecule has 0 aliphatic heterocycles. The first kappa shape index (κ1) is 13.6. The molecule has 110 valence electrons. The van der Waals surface area contributed by atoms with Gasteiger partial charge in [0.05, 0.1) is 12.6 Å². The van der Waals surface area contributed by atoms with Gasteiger partial charge in [-0.2, -0.15) is 0 Å². The zero-order valence-electron chi connectivity index (χ0n) is 12.3. The van der Waals surface area contributed by atoms with Crippen LogP contribution in [0.25, 0.3) is 0 Å². The average Bonchev–Trinajstić information content (AvgIpc) is 2.99. The number of furan rings is 1. The van der Waals surface area contributed by atoms with Crippen LogP contribution in [0.15, 0.2) is 16.5 Å². The van der Waals surface area contributed by atoms with E-state index in [1.165, 1.54) is 25.3 Å². The Balaban J connectivity index is 1.70. The van der Waals surface area contributed by atoms with Gasteiger partial charge < -0.3 is 9.73 Å². The fourth-order valence-electron chi connectivity index (χ4n) is 4.57. The van der Waals surface area contributed by atoms with Gasteiger partial charge in [-0.15, -0.1) is 0 Å². The van der Waals surface area contributed by atoms with E-state index in [2.05, 4.69) is 26.1 Å². The van der Waals surface area contributed by atoms with Crippen LogP contribution in [0.3, 0.4) is 0 Å². The summed E-state index contributed by atoms with van der Waals surface area (Å²) in [5.41, 5.74) is 0.637. The molecule has 2 aliphatic carbocycles. The molecule has 3 rings (SSSR count). The van der Waals surface area contributed by atoms with E-state index >= 15 is 0 Å². The molecule has 0 spiro atoms. The molecular weight excluding hydrogens is 256 g/mol. The first-order valence-corrected chi connectivity index (χ1v) is 7.29. The topological polar surface area (TPSA) is 68.3 Å². The highest BCUT2D eigenvalue weighted by atomic mass is 16.6. The van der Waals surface area contributed by atoms with Gasteiger partial charge in [-0.1, -0.05) is 20.8 Å². The third kappa shape index (κ3) is 1.95. The first-order chi connectivity index (χ1) is 9.33. The van der Waals surface area contributed by atoms with E-state index in [0.717, 1.165) is 5.92 Å². The number of hydrogen-bond donors (Lipinski definition) is 1. The van der Waals surface area contributed by atoms with Gasteiger partial charge in [-0.25, -0.2) is 0 Å². The molecule has 0 saturated heterocycles. The molecule has 1 aromatic heterocycles. The van der Waals surface area contributed by atoms with Crippen LogP contribution in [0.5, 0.6) is 0 Å². The molecule has 1 N–H and O–H groups in total. The molecule has 2 bridgehead atoms. The SMILES string of the molecule is CC12CCC(C1)C(C)(C)C2NCc1ccc([N+](=O)[O-])o1. The Morgan fingerprint density at radius 1 is 1.45 bits per heavy atom. The third-order valence-corrected chi connectivity index (χ3v) is 5.58. The van der Waals surface area contributed by atoms with Gasteiger partial charge in [0, 0.05) is 6.04 Å². The molecule has 3 atom stereocenters. The summed E-state index contributed by atoms with van der Waals surface area (Å²) in [7, 11) is 0. The third-order valence-electron chi connectivity index (χ3n) is 5.58. The summed E-state index contributed by atoms with van der Waals surface area (Å²) >= 11 is 0. The maximum Gasteiger partial charge on any atom is 0.433 e. The number of rotatable bonds is 4. The lowest BCUT2D eigenvalue weighted by Gasteiger charge is -2.43. The summed E-state index contributed by atoms with van der Waals surface area (Å²) in [5, 5.41) is 14.2. The predicted octanol–water partition coefficient (Wildman–Crippen LogP) is 3.49. The van der Waals surface area contributed by atoms with Crippen LogP contribution >= 0.6 is 0 Å². The largest absolute Gasteiger partial charge is 0.433 e. The van der Waals surface area contributed by atoms with Crippen molar-refractivity contribution in [1.29, 1.82) is 0 Å². The van der Waals surface area contributed by atoms with E-state index in [1.807, 2.05) is 0 Å². The zero-order valence-corrected chi connectivity index (χ0v) is 12.3. The molecule has 0 amide bonds. The monoisotopic (exact) mass is 278 g/mol. The molecule has 2 fully saturated rings. The standard InChI is InChI=1S/C15H22N2O3/c1-14(2)10-6-7-15(3,8-10)13(14)16-9-11-4-5-12(20-11)17(18)19/h4-5,10,13,16H,6-9H2,1-3H3. The van der Waals surface area contributed by atoms with E-state index in [0.29, 0.717) is 23.8 Å². The first-order valence-electron chi connectivity index (χ1n) is 7.29. The maximum absolute atomic E-state index is 10.6. The smallest absolute Gasteiger partial charge is 0.404 e. The number of hydrogen-bond acceptors (Lipinski definition) is 4. The summed E-state index contributed by atoms with van der Waals surface area (Å²) in [6.45, 7) is 7.60. The Bertz CT molecular complexity index is 532. The molecule has 3 unspecified atom stereocenters. The Kier molecular flexibility index (Phi) is 2.94. The molecule has 20 heavy (non-hydrogen) atoms. The Labute approximate surface area is 118 Å². The van der Waals surface area contributed by atoms with E-state index in [-0.39, 0.29) is 11.3 Å². The average molecular weight is 278 g/mol. The molecule has 5 heteroatoms. The summed E-state index contributed by atoms with van der Waals surface area (Å²) in [6.07, 6.45) is 3.89. The lowest BCUT2D eigenvalue weighted by Crippen LogP contribution is -2.49. The van der Waals surface area contributed by atoms with Gasteiger partial charge in [0.2, 0.25) is 0 Å². The van der Waals surface area contributed by atoms with Crippen LogP contribution in [0.2, 0.25) is 0 Å². The normalized spacial score (nSPS) is 34.5. The van der Waals surface area contributed by atoms with Crippen LogP contribution in [-0.2, 0) is 6.54 Å². The minimum Gasteiger partial charge on any atom is -0.404 e. The maximum atomic E-state index is 10.6. The second-order valence-electron chi connectivity index (χ2n) is 7.23. The molecule has 1 heterocycles. The fraction of sp³-hybridized carbons (Fsp3) is 0.733. The highest BCUT2D eigenvalue weighted by molar-refractivity contribution is 5.18. The second kappa shape index (κ2) is 4.32. The molecule has 2 saturated carbocycles. The van der Waals surface area contributed by atoms with Gasteiger partial charge in [0.25, 0.3) is 0 Å². The quantitative estimate of drug-likeness (QED) is 0.676. The molecule has 2 aliphatic rings. The minimum atomic E-state index is -0.494. The van der Waals surface area contributed by atoms with Crippen molar-refractivity contribution in [3.8, 4) is 0 Å². The number of nitrogens with one attached hydrogen (secondary N) is 1. The molecule has 1 aromatic rings. The van der Waals surface area contributed by atoms with Crippen molar-refractivity contribution >= 4 is 5.88 Å². The van der Waals surface area contributed by atoms with Crippen LogP contribution in [0, 0.1) is 26.9 Å². The highest BCUT2D eigenvalue weighted by Gasteiger charge is 2.58. The molecule has 0 aromatic carbocycles. The summed E-state index contributed by atoms with van der Waals surface area (Å²) in [4.78, 5) is 10.1. The van der Waals surface area contributed by atoms with Gasteiger partial charge in [-0.3, -0.25) is 10.1 Å². The van der Waals surface area contributed by atoms with Gasteiger partial charge >= 0.3 is 5.88 Å². The summed E-state index contributed by atoms with van der Waals surface area (Å²) < 4.78 is 5.22. The minimum absolute atomic E-state index is 0.180. The van der Waals surface area contributed by atoms with Crippen LogP contribution in [-0.4, -0.2) is 11.0 Å². The number of nitro groups is 1. The van der Waals surface area contributed by atoms with Crippen LogP contribution in [0.1, 0.15) is 45.8 Å². The highest BCUT2D eigenvalue weighted by Crippen LogP contribution is 2.62. The lowest BCUT2D eigenvalue weighted by atomic mass is 9.68. The summed E-state index contributed by atoms with van der Waals surface area (Å²) in [5.74, 6) is 1.25. The van der Waals surface area contributed by atoms with Crippen molar-refractivity contribution in [2.45, 2.75) is 52.6 Å². The fourth-order valence-corrected chi connectivity index (χ4v) is 4.57. The molecule has 0 radical (unpaired) electrons. The van der Waals surface area contributed by atoms with E-state index in [9.17, 15) is 10.1 Å². The van der Waals surface area contributed by atoms with Gasteiger partial charge in [0.1, 0.15) is 10.7 Å². The Morgan fingerprint density at radius 2 is 2.20 bits per heavy atom. The van der Waals surface area contributed by atoms with Crippen molar-refractivity contribution in [1.82, 2.24) is 5.32 Å². The van der Waals surface area contributed by atoms with Crippen molar-refractivity contribution < 1.29 is 9.34 Å². The number of nitrogens with zero attached hydrogens (tertiary/aromatic N) is 1. The number of fused-ring (bicyclic) bond motifs is 2.